The molecule has 0 spiro atoms. The summed E-state index contributed by atoms with van der Waals surface area (Å²) in [6.45, 7) is 7.91. The number of hydrogen-bond acceptors (Lipinski definition) is 6. The third-order valence-electron chi connectivity index (χ3n) is 5.55. The van der Waals surface area contributed by atoms with Crippen LogP contribution in [-0.4, -0.2) is 99.0 Å². The predicted octanol–water partition coefficient (Wildman–Crippen LogP) is 0.719. The molecule has 3 rings (SSSR count). The average Bonchev–Trinajstić information content (AvgIpc) is 3.04. The summed E-state index contributed by atoms with van der Waals surface area (Å²) in [7, 11) is -2.98. The van der Waals surface area contributed by atoms with Crippen molar-refractivity contribution >= 4 is 15.7 Å². The van der Waals surface area contributed by atoms with Crippen molar-refractivity contribution in [2.24, 2.45) is 0 Å². The van der Waals surface area contributed by atoms with Gasteiger partial charge in [0.05, 0.1) is 18.1 Å². The molecule has 156 valence electrons. The minimum Gasteiger partial charge on any atom is -0.492 e. The molecule has 2 heterocycles. The maximum absolute atomic E-state index is 12.7. The first kappa shape index (κ1) is 21.1. The number of likely N-dealkylation sites (N-methyl/N-ethyl adjacent to an activating group) is 1. The van der Waals surface area contributed by atoms with Crippen LogP contribution in [0.1, 0.15) is 13.3 Å². The molecular formula is C20H31N3O4S. The van der Waals surface area contributed by atoms with E-state index < -0.39 is 9.84 Å². The number of sulfone groups is 1. The average molecular weight is 410 g/mol. The first-order valence-corrected chi connectivity index (χ1v) is 11.9. The first-order chi connectivity index (χ1) is 13.5. The summed E-state index contributed by atoms with van der Waals surface area (Å²) in [5.74, 6) is 1.25. The SMILES string of the molecule is CCN(C(=O)CN1CCN(CCOc2ccccc2)CC1)C1CCS(=O)(=O)C1. The molecule has 0 radical (unpaired) electrons. The lowest BCUT2D eigenvalue weighted by Gasteiger charge is -2.36. The van der Waals surface area contributed by atoms with Crippen molar-refractivity contribution in [3.05, 3.63) is 30.3 Å². The third kappa shape index (κ3) is 5.93. The molecule has 8 heteroatoms. The zero-order valence-corrected chi connectivity index (χ0v) is 17.4. The Morgan fingerprint density at radius 2 is 1.82 bits per heavy atom. The van der Waals surface area contributed by atoms with Crippen LogP contribution in [0.4, 0.5) is 0 Å². The molecule has 2 aliphatic rings. The second-order valence-electron chi connectivity index (χ2n) is 7.52. The van der Waals surface area contributed by atoms with Crippen molar-refractivity contribution in [1.82, 2.24) is 14.7 Å². The highest BCUT2D eigenvalue weighted by molar-refractivity contribution is 7.91. The molecule has 0 N–H and O–H groups in total. The second-order valence-corrected chi connectivity index (χ2v) is 9.74. The lowest BCUT2D eigenvalue weighted by atomic mass is 10.2. The van der Waals surface area contributed by atoms with E-state index in [9.17, 15) is 13.2 Å². The molecule has 1 amide bonds. The summed E-state index contributed by atoms with van der Waals surface area (Å²) in [5.41, 5.74) is 0. The Balaban J connectivity index is 1.38. The number of hydrogen-bond donors (Lipinski definition) is 0. The van der Waals surface area contributed by atoms with E-state index in [1.54, 1.807) is 4.90 Å². The van der Waals surface area contributed by atoms with Gasteiger partial charge in [0.25, 0.3) is 0 Å². The van der Waals surface area contributed by atoms with Gasteiger partial charge in [-0.25, -0.2) is 8.42 Å². The molecule has 0 saturated carbocycles. The van der Waals surface area contributed by atoms with E-state index >= 15 is 0 Å². The van der Waals surface area contributed by atoms with Crippen LogP contribution in [0.15, 0.2) is 30.3 Å². The van der Waals surface area contributed by atoms with Gasteiger partial charge in [-0.3, -0.25) is 14.6 Å². The Morgan fingerprint density at radius 1 is 1.14 bits per heavy atom. The summed E-state index contributed by atoms with van der Waals surface area (Å²) in [6, 6.07) is 9.66. The van der Waals surface area contributed by atoms with Crippen molar-refractivity contribution < 1.29 is 17.9 Å². The fourth-order valence-corrected chi connectivity index (χ4v) is 5.65. The highest BCUT2D eigenvalue weighted by Gasteiger charge is 2.34. The Bertz CT molecular complexity index is 733. The van der Waals surface area contributed by atoms with Crippen molar-refractivity contribution in [1.29, 1.82) is 0 Å². The number of piperazine rings is 1. The highest BCUT2D eigenvalue weighted by atomic mass is 32.2. The van der Waals surface area contributed by atoms with E-state index in [-0.39, 0.29) is 23.5 Å². The van der Waals surface area contributed by atoms with Crippen LogP contribution in [0, 0.1) is 0 Å². The summed E-state index contributed by atoms with van der Waals surface area (Å²) in [5, 5.41) is 0. The number of para-hydroxylation sites is 1. The molecule has 0 aromatic heterocycles. The zero-order chi connectivity index (χ0) is 20.0. The van der Waals surface area contributed by atoms with Crippen molar-refractivity contribution in [2.75, 3.05) is 63.9 Å². The van der Waals surface area contributed by atoms with Crippen LogP contribution >= 0.6 is 0 Å². The maximum Gasteiger partial charge on any atom is 0.237 e. The standard InChI is InChI=1S/C20H31N3O4S/c1-2-23(18-8-15-28(25,26)17-18)20(24)16-22-11-9-21(10-12-22)13-14-27-19-6-4-3-5-7-19/h3-7,18H,2,8-17H2,1H3. The number of amides is 1. The van der Waals surface area contributed by atoms with Crippen LogP contribution in [-0.2, 0) is 14.6 Å². The van der Waals surface area contributed by atoms with Gasteiger partial charge >= 0.3 is 0 Å². The van der Waals surface area contributed by atoms with Gasteiger partial charge in [-0.2, -0.15) is 0 Å². The summed E-state index contributed by atoms with van der Waals surface area (Å²) < 4.78 is 29.2. The van der Waals surface area contributed by atoms with Crippen LogP contribution in [0.5, 0.6) is 5.75 Å². The van der Waals surface area contributed by atoms with E-state index in [1.165, 1.54) is 0 Å². The van der Waals surface area contributed by atoms with E-state index in [0.29, 0.717) is 26.1 Å². The second kappa shape index (κ2) is 9.71. The highest BCUT2D eigenvalue weighted by Crippen LogP contribution is 2.18. The fraction of sp³-hybridized carbons (Fsp3) is 0.650. The first-order valence-electron chi connectivity index (χ1n) is 10.1. The van der Waals surface area contributed by atoms with Gasteiger partial charge in [0, 0.05) is 45.3 Å². The number of ether oxygens (including phenoxy) is 1. The molecule has 1 aromatic rings. The van der Waals surface area contributed by atoms with Gasteiger partial charge in [-0.15, -0.1) is 0 Å². The molecule has 1 aromatic carbocycles. The molecule has 0 aliphatic carbocycles. The lowest BCUT2D eigenvalue weighted by Crippen LogP contribution is -2.52. The van der Waals surface area contributed by atoms with Crippen LogP contribution < -0.4 is 4.74 Å². The molecule has 1 unspecified atom stereocenters. The quantitative estimate of drug-likeness (QED) is 0.630. The monoisotopic (exact) mass is 409 g/mol. The lowest BCUT2D eigenvalue weighted by molar-refractivity contribution is -0.134. The van der Waals surface area contributed by atoms with E-state index in [1.807, 2.05) is 37.3 Å². The van der Waals surface area contributed by atoms with Crippen LogP contribution in [0.3, 0.4) is 0 Å². The van der Waals surface area contributed by atoms with Crippen molar-refractivity contribution in [2.45, 2.75) is 19.4 Å². The van der Waals surface area contributed by atoms with Crippen molar-refractivity contribution in [3.8, 4) is 5.75 Å². The van der Waals surface area contributed by atoms with Gasteiger partial charge in [0.1, 0.15) is 12.4 Å². The smallest absolute Gasteiger partial charge is 0.237 e. The largest absolute Gasteiger partial charge is 0.492 e. The summed E-state index contributed by atoms with van der Waals surface area (Å²) in [6.07, 6.45) is 0.567. The molecule has 7 nitrogen and oxygen atoms in total. The molecular weight excluding hydrogens is 378 g/mol. The fourth-order valence-electron chi connectivity index (χ4n) is 3.92. The van der Waals surface area contributed by atoms with Crippen LogP contribution in [0.2, 0.25) is 0 Å². The maximum atomic E-state index is 12.7. The number of carbonyl (C=O) groups is 1. The Labute approximate surface area is 168 Å². The number of nitrogens with zero attached hydrogens (tertiary/aromatic N) is 3. The molecule has 2 aliphatic heterocycles. The van der Waals surface area contributed by atoms with Gasteiger partial charge in [0.2, 0.25) is 5.91 Å². The summed E-state index contributed by atoms with van der Waals surface area (Å²) >= 11 is 0. The van der Waals surface area contributed by atoms with E-state index in [0.717, 1.165) is 38.5 Å². The zero-order valence-electron chi connectivity index (χ0n) is 16.6. The van der Waals surface area contributed by atoms with Gasteiger partial charge in [0.15, 0.2) is 9.84 Å². The molecule has 2 saturated heterocycles. The topological polar surface area (TPSA) is 70.2 Å². The Morgan fingerprint density at radius 3 is 2.43 bits per heavy atom. The van der Waals surface area contributed by atoms with Gasteiger partial charge in [-0.05, 0) is 25.5 Å². The molecule has 2 fully saturated rings. The molecule has 1 atom stereocenters. The normalized spacial score (nSPS) is 22.8. The molecule has 28 heavy (non-hydrogen) atoms. The minimum atomic E-state index is -2.98. The summed E-state index contributed by atoms with van der Waals surface area (Å²) in [4.78, 5) is 19.0. The van der Waals surface area contributed by atoms with Gasteiger partial charge < -0.3 is 9.64 Å². The van der Waals surface area contributed by atoms with Crippen LogP contribution in [0.25, 0.3) is 0 Å². The predicted molar refractivity (Wildman–Crippen MR) is 109 cm³/mol. The van der Waals surface area contributed by atoms with Crippen molar-refractivity contribution in [3.63, 3.8) is 0 Å². The molecule has 0 bridgehead atoms. The minimum absolute atomic E-state index is 0.0467. The van der Waals surface area contributed by atoms with Gasteiger partial charge in [-0.1, -0.05) is 18.2 Å². The van der Waals surface area contributed by atoms with E-state index in [4.69, 9.17) is 4.74 Å². The number of rotatable bonds is 8. The third-order valence-corrected chi connectivity index (χ3v) is 7.30. The Hall–Kier alpha value is -1.64. The number of benzene rings is 1. The number of carbonyl (C=O) groups excluding carboxylic acids is 1. The Kier molecular flexibility index (Phi) is 7.31. The van der Waals surface area contributed by atoms with E-state index in [2.05, 4.69) is 9.80 Å².